The maximum atomic E-state index is 11.7. The van der Waals surface area contributed by atoms with E-state index in [0.717, 1.165) is 16.7 Å². The van der Waals surface area contributed by atoms with Gasteiger partial charge in [-0.25, -0.2) is 0 Å². The number of hydrogen-bond acceptors (Lipinski definition) is 4. The zero-order chi connectivity index (χ0) is 18.2. The van der Waals surface area contributed by atoms with Crippen LogP contribution in [0, 0.1) is 0 Å². The van der Waals surface area contributed by atoms with Gasteiger partial charge in [-0.15, -0.1) is 0 Å². The van der Waals surface area contributed by atoms with Gasteiger partial charge in [0, 0.05) is 0 Å². The summed E-state index contributed by atoms with van der Waals surface area (Å²) in [6, 6.07) is 16.2. The Balaban J connectivity index is 2.04. The third-order valence-corrected chi connectivity index (χ3v) is 3.89. The summed E-state index contributed by atoms with van der Waals surface area (Å²) in [5.74, 6) is -1.45. The number of nitrogens with one attached hydrogen (secondary N) is 1. The average molecular weight is 341 g/mol. The molecule has 5 heteroatoms. The van der Waals surface area contributed by atoms with Crippen molar-refractivity contribution in [2.24, 2.45) is 0 Å². The summed E-state index contributed by atoms with van der Waals surface area (Å²) in [6.45, 7) is 3.59. The topological polar surface area (TPSA) is 75.6 Å². The van der Waals surface area contributed by atoms with Crippen LogP contribution in [0.3, 0.4) is 0 Å². The van der Waals surface area contributed by atoms with Crippen molar-refractivity contribution >= 4 is 11.9 Å². The molecule has 2 atom stereocenters. The molecule has 0 spiro atoms. The van der Waals surface area contributed by atoms with E-state index in [0.29, 0.717) is 0 Å². The fourth-order valence-electron chi connectivity index (χ4n) is 2.55. The van der Waals surface area contributed by atoms with Crippen LogP contribution in [0.2, 0.25) is 0 Å². The number of carboxylic acids is 1. The van der Waals surface area contributed by atoms with Crippen molar-refractivity contribution in [1.82, 2.24) is 5.32 Å². The Labute approximate surface area is 147 Å². The summed E-state index contributed by atoms with van der Waals surface area (Å²) in [4.78, 5) is 23.2. The average Bonchev–Trinajstić information content (AvgIpc) is 2.62. The third kappa shape index (κ3) is 5.43. The second-order valence-corrected chi connectivity index (χ2v) is 5.80. The van der Waals surface area contributed by atoms with E-state index >= 15 is 0 Å². The summed E-state index contributed by atoms with van der Waals surface area (Å²) < 4.78 is 4.90. The lowest BCUT2D eigenvalue weighted by molar-refractivity contribution is -0.146. The summed E-state index contributed by atoms with van der Waals surface area (Å²) in [6.07, 6.45) is 0.286. The van der Waals surface area contributed by atoms with E-state index in [-0.39, 0.29) is 13.0 Å². The van der Waals surface area contributed by atoms with Crippen LogP contribution in [0.5, 0.6) is 0 Å². The minimum absolute atomic E-state index is 0.267. The monoisotopic (exact) mass is 341 g/mol. The van der Waals surface area contributed by atoms with Gasteiger partial charge in [-0.05, 0) is 37.0 Å². The number of benzene rings is 2. The Bertz CT molecular complexity index is 697. The Kier molecular flexibility index (Phi) is 6.71. The first-order valence-electron chi connectivity index (χ1n) is 8.31. The lowest BCUT2D eigenvalue weighted by Gasteiger charge is -2.19. The number of carbonyl (C=O) groups is 2. The fraction of sp³-hybridized carbons (Fsp3) is 0.300. The second kappa shape index (κ2) is 8.99. The standard InChI is InChI=1S/C20H23NO4/c1-3-25-20(24)14(2)21-18(19(22)23)13-15-9-11-17(12-10-15)16-7-5-4-6-8-16/h4-12,14,18,21H,3,13H2,1-2H3,(H,22,23)/t14-,18-/m0/s1. The van der Waals surface area contributed by atoms with Gasteiger partial charge < -0.3 is 9.84 Å². The smallest absolute Gasteiger partial charge is 0.322 e. The Hall–Kier alpha value is -2.66. The Morgan fingerprint density at radius 1 is 1.04 bits per heavy atom. The number of carbonyl (C=O) groups excluding carboxylic acids is 1. The van der Waals surface area contributed by atoms with Gasteiger partial charge in [0.25, 0.3) is 0 Å². The van der Waals surface area contributed by atoms with Crippen LogP contribution in [0.4, 0.5) is 0 Å². The second-order valence-electron chi connectivity index (χ2n) is 5.80. The molecule has 5 nitrogen and oxygen atoms in total. The van der Waals surface area contributed by atoms with Crippen molar-refractivity contribution in [2.45, 2.75) is 32.4 Å². The first-order valence-corrected chi connectivity index (χ1v) is 8.31. The molecule has 0 amide bonds. The number of rotatable bonds is 8. The highest BCUT2D eigenvalue weighted by atomic mass is 16.5. The van der Waals surface area contributed by atoms with Crippen LogP contribution < -0.4 is 5.32 Å². The van der Waals surface area contributed by atoms with Gasteiger partial charge >= 0.3 is 11.9 Å². The highest BCUT2D eigenvalue weighted by molar-refractivity contribution is 5.78. The molecule has 0 radical (unpaired) electrons. The summed E-state index contributed by atoms with van der Waals surface area (Å²) in [5.41, 5.74) is 3.07. The van der Waals surface area contributed by atoms with Crippen LogP contribution in [0.15, 0.2) is 54.6 Å². The molecule has 2 aromatic rings. The van der Waals surface area contributed by atoms with Crippen molar-refractivity contribution in [2.75, 3.05) is 6.61 Å². The third-order valence-electron chi connectivity index (χ3n) is 3.89. The van der Waals surface area contributed by atoms with E-state index in [1.54, 1.807) is 13.8 Å². The summed E-state index contributed by atoms with van der Waals surface area (Å²) >= 11 is 0. The van der Waals surface area contributed by atoms with Gasteiger partial charge in [0.05, 0.1) is 6.61 Å². The maximum Gasteiger partial charge on any atom is 0.322 e. The van der Waals surface area contributed by atoms with Crippen molar-refractivity contribution in [3.63, 3.8) is 0 Å². The maximum absolute atomic E-state index is 11.7. The largest absolute Gasteiger partial charge is 0.480 e. The lowest BCUT2D eigenvalue weighted by atomic mass is 10.0. The van der Waals surface area contributed by atoms with Gasteiger partial charge in [0.2, 0.25) is 0 Å². The number of hydrogen-bond donors (Lipinski definition) is 2. The van der Waals surface area contributed by atoms with E-state index in [1.165, 1.54) is 0 Å². The Morgan fingerprint density at radius 2 is 1.64 bits per heavy atom. The van der Waals surface area contributed by atoms with Crippen LogP contribution in [0.1, 0.15) is 19.4 Å². The van der Waals surface area contributed by atoms with Crippen LogP contribution >= 0.6 is 0 Å². The number of ether oxygens (including phenoxy) is 1. The molecule has 0 saturated heterocycles. The molecule has 2 N–H and O–H groups in total. The van der Waals surface area contributed by atoms with E-state index in [1.807, 2.05) is 54.6 Å². The van der Waals surface area contributed by atoms with Gasteiger partial charge in [0.1, 0.15) is 12.1 Å². The zero-order valence-electron chi connectivity index (χ0n) is 14.4. The molecule has 0 heterocycles. The van der Waals surface area contributed by atoms with Crippen LogP contribution in [0.25, 0.3) is 11.1 Å². The van der Waals surface area contributed by atoms with Gasteiger partial charge in [-0.2, -0.15) is 0 Å². The molecule has 0 aromatic heterocycles. The SMILES string of the molecule is CCOC(=O)[C@H](C)N[C@@H](Cc1ccc(-c2ccccc2)cc1)C(=O)O. The molecule has 2 rings (SSSR count). The van der Waals surface area contributed by atoms with Crippen molar-refractivity contribution in [3.05, 3.63) is 60.2 Å². The molecule has 0 aliphatic heterocycles. The van der Waals surface area contributed by atoms with Crippen molar-refractivity contribution in [3.8, 4) is 11.1 Å². The quantitative estimate of drug-likeness (QED) is 0.722. The number of carboxylic acid groups (broad SMARTS) is 1. The first kappa shape index (κ1) is 18.7. The molecular weight excluding hydrogens is 318 g/mol. The minimum Gasteiger partial charge on any atom is -0.480 e. The Morgan fingerprint density at radius 3 is 2.20 bits per heavy atom. The highest BCUT2D eigenvalue weighted by Gasteiger charge is 2.24. The van der Waals surface area contributed by atoms with Gasteiger partial charge in [0.15, 0.2) is 0 Å². The summed E-state index contributed by atoms with van der Waals surface area (Å²) in [7, 11) is 0. The van der Waals surface area contributed by atoms with Crippen molar-refractivity contribution < 1.29 is 19.4 Å². The molecule has 0 fully saturated rings. The van der Waals surface area contributed by atoms with Gasteiger partial charge in [-0.1, -0.05) is 54.6 Å². The zero-order valence-corrected chi connectivity index (χ0v) is 14.4. The normalized spacial score (nSPS) is 13.0. The van der Waals surface area contributed by atoms with E-state index < -0.39 is 24.0 Å². The minimum atomic E-state index is -0.997. The van der Waals surface area contributed by atoms with Crippen LogP contribution in [-0.2, 0) is 20.7 Å². The number of esters is 1. The molecule has 0 aliphatic rings. The fourth-order valence-corrected chi connectivity index (χ4v) is 2.55. The van der Waals surface area contributed by atoms with Crippen molar-refractivity contribution in [1.29, 1.82) is 0 Å². The molecular formula is C20H23NO4. The molecule has 25 heavy (non-hydrogen) atoms. The predicted octanol–water partition coefficient (Wildman–Crippen LogP) is 2.89. The molecule has 0 unspecified atom stereocenters. The lowest BCUT2D eigenvalue weighted by Crippen LogP contribution is -2.47. The first-order chi connectivity index (χ1) is 12.0. The highest BCUT2D eigenvalue weighted by Crippen LogP contribution is 2.19. The molecule has 132 valence electrons. The molecule has 0 saturated carbocycles. The van der Waals surface area contributed by atoms with Crippen LogP contribution in [-0.4, -0.2) is 35.7 Å². The van der Waals surface area contributed by atoms with Gasteiger partial charge in [-0.3, -0.25) is 14.9 Å². The molecule has 0 aliphatic carbocycles. The van der Waals surface area contributed by atoms with E-state index in [4.69, 9.17) is 4.74 Å². The summed E-state index contributed by atoms with van der Waals surface area (Å²) in [5, 5.41) is 12.2. The molecule has 0 bridgehead atoms. The number of aliphatic carboxylic acids is 1. The molecule has 2 aromatic carbocycles. The van der Waals surface area contributed by atoms with E-state index in [9.17, 15) is 14.7 Å². The van der Waals surface area contributed by atoms with E-state index in [2.05, 4.69) is 5.32 Å². The predicted molar refractivity (Wildman–Crippen MR) is 96.2 cm³/mol.